The van der Waals surface area contributed by atoms with Crippen molar-refractivity contribution < 1.29 is 9.90 Å². The van der Waals surface area contributed by atoms with Gasteiger partial charge in [0.25, 0.3) is 0 Å². The third-order valence-corrected chi connectivity index (χ3v) is 6.84. The van der Waals surface area contributed by atoms with Gasteiger partial charge >= 0.3 is 0 Å². The smallest absolute Gasteiger partial charge is 0.237 e. The molecule has 1 saturated carbocycles. The van der Waals surface area contributed by atoms with Gasteiger partial charge in [0.15, 0.2) is 0 Å². The van der Waals surface area contributed by atoms with Crippen molar-refractivity contribution in [3.05, 3.63) is 0 Å². The SMILES string of the molecule is NC(CC(O)C1CNCS1)C(=O)NC1CNN(CC2CCCCC2)C1. The van der Waals surface area contributed by atoms with Crippen LogP contribution in [0.2, 0.25) is 0 Å². The number of carbonyl (C=O) groups excluding carboxylic acids is 1. The number of hydrogen-bond donors (Lipinski definition) is 5. The molecule has 2 heterocycles. The minimum Gasteiger partial charge on any atom is -0.392 e. The summed E-state index contributed by atoms with van der Waals surface area (Å²) in [4.78, 5) is 12.3. The maximum Gasteiger partial charge on any atom is 0.237 e. The number of rotatable bonds is 7. The van der Waals surface area contributed by atoms with Crippen LogP contribution in [0.15, 0.2) is 0 Å². The Morgan fingerprint density at radius 3 is 2.84 bits per heavy atom. The highest BCUT2D eigenvalue weighted by Gasteiger charge is 2.30. The number of amides is 1. The molecule has 25 heavy (non-hydrogen) atoms. The zero-order valence-electron chi connectivity index (χ0n) is 15.0. The number of nitrogens with two attached hydrogens (primary N) is 1. The Bertz CT molecular complexity index is 429. The lowest BCUT2D eigenvalue weighted by molar-refractivity contribution is -0.123. The summed E-state index contributed by atoms with van der Waals surface area (Å²) in [5, 5.41) is 18.8. The standard InChI is InChI=1S/C17H33N5O2S/c18-14(6-15(23)16-8-19-11-25-16)17(24)21-13-7-20-22(10-13)9-12-4-2-1-3-5-12/h12-16,19-20,23H,1-11,18H2,(H,21,24). The van der Waals surface area contributed by atoms with Crippen LogP contribution < -0.4 is 21.8 Å². The fourth-order valence-corrected chi connectivity index (χ4v) is 5.07. The molecule has 7 nitrogen and oxygen atoms in total. The summed E-state index contributed by atoms with van der Waals surface area (Å²) in [6, 6.07) is -0.551. The first kappa shape index (κ1) is 19.4. The summed E-state index contributed by atoms with van der Waals surface area (Å²) in [7, 11) is 0. The van der Waals surface area contributed by atoms with E-state index in [9.17, 15) is 9.90 Å². The van der Waals surface area contributed by atoms with Gasteiger partial charge in [0.05, 0.1) is 18.2 Å². The van der Waals surface area contributed by atoms with E-state index in [-0.39, 0.29) is 17.2 Å². The minimum absolute atomic E-state index is 0.0989. The monoisotopic (exact) mass is 371 g/mol. The first-order valence-corrected chi connectivity index (χ1v) is 10.7. The Balaban J connectivity index is 1.36. The summed E-state index contributed by atoms with van der Waals surface area (Å²) >= 11 is 1.69. The highest BCUT2D eigenvalue weighted by atomic mass is 32.2. The predicted octanol–water partition coefficient (Wildman–Crippen LogP) is -0.387. The van der Waals surface area contributed by atoms with Crippen LogP contribution in [0.4, 0.5) is 0 Å². The number of aliphatic hydroxyl groups excluding tert-OH is 1. The van der Waals surface area contributed by atoms with Crippen molar-refractivity contribution in [2.75, 3.05) is 32.1 Å². The van der Waals surface area contributed by atoms with Gasteiger partial charge in [-0.2, -0.15) is 0 Å². The highest BCUT2D eigenvalue weighted by Crippen LogP contribution is 2.24. The molecular formula is C17H33N5O2S. The molecule has 0 aromatic rings. The van der Waals surface area contributed by atoms with E-state index in [2.05, 4.69) is 21.1 Å². The Hall–Kier alpha value is -0.380. The molecule has 3 fully saturated rings. The normalized spacial score (nSPS) is 31.1. The Kier molecular flexibility index (Phi) is 7.39. The van der Waals surface area contributed by atoms with Gasteiger partial charge in [-0.25, -0.2) is 5.01 Å². The Labute approximate surface area is 154 Å². The van der Waals surface area contributed by atoms with E-state index in [0.29, 0.717) is 6.42 Å². The quantitative estimate of drug-likeness (QED) is 0.415. The molecule has 4 atom stereocenters. The van der Waals surface area contributed by atoms with E-state index in [1.165, 1.54) is 32.1 Å². The second-order valence-electron chi connectivity index (χ2n) is 7.69. The molecule has 6 N–H and O–H groups in total. The van der Waals surface area contributed by atoms with Crippen LogP contribution in [0.1, 0.15) is 38.5 Å². The van der Waals surface area contributed by atoms with Crippen molar-refractivity contribution in [3.8, 4) is 0 Å². The maximum atomic E-state index is 12.3. The Morgan fingerprint density at radius 1 is 1.32 bits per heavy atom. The molecule has 144 valence electrons. The van der Waals surface area contributed by atoms with Crippen LogP contribution in [0, 0.1) is 5.92 Å². The van der Waals surface area contributed by atoms with E-state index in [1.807, 2.05) is 0 Å². The molecule has 4 unspecified atom stereocenters. The first-order chi connectivity index (χ1) is 12.1. The van der Waals surface area contributed by atoms with E-state index in [1.54, 1.807) is 11.8 Å². The third-order valence-electron chi connectivity index (χ3n) is 5.56. The molecule has 0 bridgehead atoms. The average Bonchev–Trinajstić information content (AvgIpc) is 3.28. The van der Waals surface area contributed by atoms with E-state index >= 15 is 0 Å². The van der Waals surface area contributed by atoms with Crippen LogP contribution in [0.3, 0.4) is 0 Å². The summed E-state index contributed by atoms with van der Waals surface area (Å²) in [6.07, 6.45) is 6.51. The Morgan fingerprint density at radius 2 is 2.12 bits per heavy atom. The lowest BCUT2D eigenvalue weighted by Crippen LogP contribution is -2.49. The minimum atomic E-state index is -0.649. The van der Waals surface area contributed by atoms with Crippen LogP contribution in [-0.2, 0) is 4.79 Å². The molecular weight excluding hydrogens is 338 g/mol. The average molecular weight is 372 g/mol. The molecule has 3 aliphatic rings. The number of nitrogens with zero attached hydrogens (tertiary/aromatic N) is 1. The van der Waals surface area contributed by atoms with Crippen LogP contribution >= 0.6 is 11.8 Å². The second-order valence-corrected chi connectivity index (χ2v) is 8.92. The molecule has 1 aliphatic carbocycles. The molecule has 0 spiro atoms. The van der Waals surface area contributed by atoms with Crippen molar-refractivity contribution in [2.24, 2.45) is 11.7 Å². The third kappa shape index (κ3) is 5.80. The van der Waals surface area contributed by atoms with Crippen molar-refractivity contribution in [2.45, 2.75) is 62.0 Å². The van der Waals surface area contributed by atoms with Gasteiger partial charge < -0.3 is 21.5 Å². The second kappa shape index (κ2) is 9.53. The van der Waals surface area contributed by atoms with Crippen LogP contribution in [0.5, 0.6) is 0 Å². The molecule has 1 amide bonds. The largest absolute Gasteiger partial charge is 0.392 e. The van der Waals surface area contributed by atoms with Crippen LogP contribution in [0.25, 0.3) is 0 Å². The van der Waals surface area contributed by atoms with Gasteiger partial charge in [-0.05, 0) is 25.2 Å². The summed E-state index contributed by atoms with van der Waals surface area (Å²) in [6.45, 7) is 3.45. The number of carbonyl (C=O) groups is 1. The first-order valence-electron chi connectivity index (χ1n) is 9.66. The molecule has 0 aromatic heterocycles. The zero-order valence-corrected chi connectivity index (χ0v) is 15.8. The van der Waals surface area contributed by atoms with E-state index in [0.717, 1.165) is 38.0 Å². The lowest BCUT2D eigenvalue weighted by Gasteiger charge is -2.26. The number of hydrogen-bond acceptors (Lipinski definition) is 7. The summed E-state index contributed by atoms with van der Waals surface area (Å²) in [5.41, 5.74) is 9.41. The van der Waals surface area contributed by atoms with Gasteiger partial charge in [-0.15, -0.1) is 11.8 Å². The van der Waals surface area contributed by atoms with Gasteiger partial charge in [0, 0.05) is 37.3 Å². The van der Waals surface area contributed by atoms with Gasteiger partial charge in [-0.3, -0.25) is 10.2 Å². The highest BCUT2D eigenvalue weighted by molar-refractivity contribution is 8.00. The molecule has 2 saturated heterocycles. The topological polar surface area (TPSA) is 103 Å². The molecule has 0 aromatic carbocycles. The molecule has 3 rings (SSSR count). The molecule has 0 radical (unpaired) electrons. The molecule has 8 heteroatoms. The molecule has 2 aliphatic heterocycles. The van der Waals surface area contributed by atoms with Crippen LogP contribution in [-0.4, -0.2) is 71.5 Å². The predicted molar refractivity (Wildman–Crippen MR) is 101 cm³/mol. The van der Waals surface area contributed by atoms with Crippen molar-refractivity contribution in [3.63, 3.8) is 0 Å². The van der Waals surface area contributed by atoms with Crippen molar-refractivity contribution in [1.29, 1.82) is 0 Å². The van der Waals surface area contributed by atoms with Gasteiger partial charge in [0.2, 0.25) is 5.91 Å². The zero-order chi connectivity index (χ0) is 17.6. The summed E-state index contributed by atoms with van der Waals surface area (Å²) < 4.78 is 0. The number of thioether (sulfide) groups is 1. The maximum absolute atomic E-state index is 12.3. The fraction of sp³-hybridized carbons (Fsp3) is 0.941. The number of nitrogens with one attached hydrogen (secondary N) is 3. The lowest BCUT2D eigenvalue weighted by atomic mass is 9.89. The van der Waals surface area contributed by atoms with E-state index < -0.39 is 12.1 Å². The number of aliphatic hydroxyl groups is 1. The van der Waals surface area contributed by atoms with Crippen molar-refractivity contribution in [1.82, 2.24) is 21.1 Å². The number of hydrazine groups is 1. The summed E-state index contributed by atoms with van der Waals surface area (Å²) in [5.74, 6) is 1.49. The van der Waals surface area contributed by atoms with Crippen molar-refractivity contribution >= 4 is 17.7 Å². The van der Waals surface area contributed by atoms with Gasteiger partial charge in [0.1, 0.15) is 0 Å². The van der Waals surface area contributed by atoms with Gasteiger partial charge in [-0.1, -0.05) is 19.3 Å². The van der Waals surface area contributed by atoms with E-state index in [4.69, 9.17) is 5.73 Å². The fourth-order valence-electron chi connectivity index (χ4n) is 4.05.